The minimum absolute atomic E-state index is 0.412. The lowest BCUT2D eigenvalue weighted by Crippen LogP contribution is -1.90. The Kier molecular flexibility index (Phi) is 1.98. The molecule has 4 heteroatoms. The van der Waals surface area contributed by atoms with E-state index in [2.05, 4.69) is 4.98 Å². The summed E-state index contributed by atoms with van der Waals surface area (Å²) in [4.78, 5) is 3.83. The van der Waals surface area contributed by atoms with E-state index in [0.29, 0.717) is 11.0 Å². The molecule has 1 aromatic heterocycles. The molecule has 0 saturated carbocycles. The van der Waals surface area contributed by atoms with Crippen LogP contribution < -0.4 is 0 Å². The zero-order valence-corrected chi connectivity index (χ0v) is 6.45. The van der Waals surface area contributed by atoms with Gasteiger partial charge in [0, 0.05) is 7.05 Å². The second kappa shape index (κ2) is 2.58. The third-order valence-corrected chi connectivity index (χ3v) is 1.70. The van der Waals surface area contributed by atoms with Crippen LogP contribution in [0.1, 0.15) is 5.69 Å². The SMILES string of the molecule is Cn1cnc(Cl)c1CCl. The molecular weight excluding hydrogens is 159 g/mol. The smallest absolute Gasteiger partial charge is 0.151 e. The molecule has 50 valence electrons. The predicted molar refractivity (Wildman–Crippen MR) is 37.8 cm³/mol. The number of nitrogens with zero attached hydrogens (tertiary/aromatic N) is 2. The van der Waals surface area contributed by atoms with Gasteiger partial charge in [-0.2, -0.15) is 0 Å². The topological polar surface area (TPSA) is 17.8 Å². The van der Waals surface area contributed by atoms with Crippen molar-refractivity contribution in [1.29, 1.82) is 0 Å². The Morgan fingerprint density at radius 3 is 2.67 bits per heavy atom. The van der Waals surface area contributed by atoms with E-state index in [9.17, 15) is 0 Å². The Morgan fingerprint density at radius 2 is 2.44 bits per heavy atom. The lowest BCUT2D eigenvalue weighted by Gasteiger charge is -1.93. The van der Waals surface area contributed by atoms with Gasteiger partial charge in [-0.1, -0.05) is 11.6 Å². The quantitative estimate of drug-likeness (QED) is 0.580. The largest absolute Gasteiger partial charge is 0.335 e. The number of rotatable bonds is 1. The maximum absolute atomic E-state index is 5.63. The highest BCUT2D eigenvalue weighted by Crippen LogP contribution is 2.13. The van der Waals surface area contributed by atoms with E-state index in [-0.39, 0.29) is 0 Å². The number of halogens is 2. The van der Waals surface area contributed by atoms with E-state index >= 15 is 0 Å². The maximum Gasteiger partial charge on any atom is 0.151 e. The molecule has 0 bridgehead atoms. The summed E-state index contributed by atoms with van der Waals surface area (Å²) in [5, 5.41) is 0.493. The third kappa shape index (κ3) is 1.19. The zero-order valence-electron chi connectivity index (χ0n) is 4.93. The van der Waals surface area contributed by atoms with Crippen molar-refractivity contribution < 1.29 is 0 Å². The van der Waals surface area contributed by atoms with Gasteiger partial charge in [0.1, 0.15) is 0 Å². The van der Waals surface area contributed by atoms with E-state index < -0.39 is 0 Å². The monoisotopic (exact) mass is 164 g/mol. The van der Waals surface area contributed by atoms with Crippen LogP contribution in [-0.4, -0.2) is 9.55 Å². The van der Waals surface area contributed by atoms with Crippen molar-refractivity contribution in [3.63, 3.8) is 0 Å². The summed E-state index contributed by atoms with van der Waals surface area (Å²) in [6.07, 6.45) is 1.64. The van der Waals surface area contributed by atoms with Crippen molar-refractivity contribution >= 4 is 23.2 Å². The molecule has 0 aliphatic heterocycles. The second-order valence-corrected chi connectivity index (χ2v) is 2.35. The number of aromatic nitrogens is 2. The normalized spacial score (nSPS) is 10.1. The second-order valence-electron chi connectivity index (χ2n) is 1.73. The summed E-state index contributed by atoms with van der Waals surface area (Å²) in [7, 11) is 1.86. The van der Waals surface area contributed by atoms with Crippen LogP contribution in [0.4, 0.5) is 0 Å². The van der Waals surface area contributed by atoms with Crippen LogP contribution in [0.25, 0.3) is 0 Å². The fourth-order valence-corrected chi connectivity index (χ4v) is 1.20. The Balaban J connectivity index is 3.07. The lowest BCUT2D eigenvalue weighted by molar-refractivity contribution is 0.865. The molecule has 0 amide bonds. The number of hydrogen-bond acceptors (Lipinski definition) is 1. The van der Waals surface area contributed by atoms with E-state index in [1.807, 2.05) is 7.05 Å². The first-order chi connectivity index (χ1) is 4.25. The van der Waals surface area contributed by atoms with E-state index in [4.69, 9.17) is 23.2 Å². The van der Waals surface area contributed by atoms with Gasteiger partial charge in [-0.3, -0.25) is 0 Å². The lowest BCUT2D eigenvalue weighted by atomic mass is 10.5. The van der Waals surface area contributed by atoms with Crippen LogP contribution in [0.15, 0.2) is 6.33 Å². The third-order valence-electron chi connectivity index (χ3n) is 1.13. The molecule has 0 N–H and O–H groups in total. The van der Waals surface area contributed by atoms with Gasteiger partial charge in [0.25, 0.3) is 0 Å². The number of aryl methyl sites for hydroxylation is 1. The Labute approximate surface area is 63.4 Å². The number of alkyl halides is 1. The van der Waals surface area contributed by atoms with Crippen molar-refractivity contribution in [2.24, 2.45) is 7.05 Å². The Bertz CT molecular complexity index is 187. The molecule has 0 saturated heterocycles. The first-order valence-electron chi connectivity index (χ1n) is 2.47. The summed E-state index contributed by atoms with van der Waals surface area (Å²) in [6, 6.07) is 0. The fraction of sp³-hybridized carbons (Fsp3) is 0.400. The molecule has 0 aliphatic carbocycles. The summed E-state index contributed by atoms with van der Waals surface area (Å²) in [6.45, 7) is 0. The fourth-order valence-electron chi connectivity index (χ4n) is 0.576. The van der Waals surface area contributed by atoms with E-state index in [1.165, 1.54) is 0 Å². The van der Waals surface area contributed by atoms with Crippen LogP contribution in [0.5, 0.6) is 0 Å². The van der Waals surface area contributed by atoms with E-state index in [1.54, 1.807) is 10.9 Å². The molecule has 1 rings (SSSR count). The predicted octanol–water partition coefficient (Wildman–Crippen LogP) is 1.81. The van der Waals surface area contributed by atoms with Gasteiger partial charge in [-0.15, -0.1) is 11.6 Å². The van der Waals surface area contributed by atoms with Crippen molar-refractivity contribution in [2.75, 3.05) is 0 Å². The van der Waals surface area contributed by atoms with Gasteiger partial charge < -0.3 is 4.57 Å². The van der Waals surface area contributed by atoms with Gasteiger partial charge in [0.05, 0.1) is 17.9 Å². The van der Waals surface area contributed by atoms with Crippen molar-refractivity contribution in [3.8, 4) is 0 Å². The maximum atomic E-state index is 5.63. The van der Waals surface area contributed by atoms with Crippen molar-refractivity contribution in [2.45, 2.75) is 5.88 Å². The van der Waals surface area contributed by atoms with Gasteiger partial charge in [0.15, 0.2) is 5.15 Å². The average Bonchev–Trinajstić information content (AvgIpc) is 2.12. The van der Waals surface area contributed by atoms with Crippen LogP contribution in [-0.2, 0) is 12.9 Å². The summed E-state index contributed by atoms with van der Waals surface area (Å²) in [5.74, 6) is 0.412. The molecule has 0 fully saturated rings. The standard InChI is InChI=1S/C5H6Cl2N2/c1-9-3-8-5(7)4(9)2-6/h3H,2H2,1H3. The highest BCUT2D eigenvalue weighted by Gasteiger charge is 2.02. The van der Waals surface area contributed by atoms with Crippen LogP contribution in [0, 0.1) is 0 Å². The molecule has 9 heavy (non-hydrogen) atoms. The summed E-state index contributed by atoms with van der Waals surface area (Å²) in [5.41, 5.74) is 0.860. The van der Waals surface area contributed by atoms with Crippen molar-refractivity contribution in [1.82, 2.24) is 9.55 Å². The average molecular weight is 165 g/mol. The molecule has 0 unspecified atom stereocenters. The Hall–Kier alpha value is -0.210. The first kappa shape index (κ1) is 6.90. The highest BCUT2D eigenvalue weighted by molar-refractivity contribution is 6.30. The van der Waals surface area contributed by atoms with Gasteiger partial charge in [-0.05, 0) is 0 Å². The van der Waals surface area contributed by atoms with Crippen molar-refractivity contribution in [3.05, 3.63) is 17.2 Å². The van der Waals surface area contributed by atoms with Crippen LogP contribution in [0.3, 0.4) is 0 Å². The molecular formula is C5H6Cl2N2. The molecule has 1 aromatic rings. The number of imidazole rings is 1. The Morgan fingerprint density at radius 1 is 1.78 bits per heavy atom. The molecule has 1 heterocycles. The van der Waals surface area contributed by atoms with Gasteiger partial charge >= 0.3 is 0 Å². The van der Waals surface area contributed by atoms with E-state index in [0.717, 1.165) is 5.69 Å². The highest BCUT2D eigenvalue weighted by atomic mass is 35.5. The molecule has 0 aromatic carbocycles. The summed E-state index contributed by atoms with van der Waals surface area (Å²) >= 11 is 11.2. The minimum atomic E-state index is 0.412. The molecule has 0 aliphatic rings. The molecule has 0 spiro atoms. The first-order valence-corrected chi connectivity index (χ1v) is 3.38. The molecule has 2 nitrogen and oxygen atoms in total. The zero-order chi connectivity index (χ0) is 6.85. The van der Waals surface area contributed by atoms with Crippen LogP contribution >= 0.6 is 23.2 Å². The van der Waals surface area contributed by atoms with Gasteiger partial charge in [-0.25, -0.2) is 4.98 Å². The molecule has 0 atom stereocenters. The minimum Gasteiger partial charge on any atom is -0.335 e. The summed E-state index contributed by atoms with van der Waals surface area (Å²) < 4.78 is 1.80. The molecule has 0 radical (unpaired) electrons. The van der Waals surface area contributed by atoms with Gasteiger partial charge in [0.2, 0.25) is 0 Å². The number of hydrogen-bond donors (Lipinski definition) is 0. The van der Waals surface area contributed by atoms with Crippen LogP contribution in [0.2, 0.25) is 5.15 Å².